The lowest BCUT2D eigenvalue weighted by Crippen LogP contribution is -2.33. The molecule has 0 saturated carbocycles. The summed E-state index contributed by atoms with van der Waals surface area (Å²) in [6, 6.07) is 3.79. The van der Waals surface area contributed by atoms with E-state index in [1.54, 1.807) is 13.3 Å². The van der Waals surface area contributed by atoms with Crippen LogP contribution in [-0.2, 0) is 11.3 Å². The van der Waals surface area contributed by atoms with E-state index in [1.807, 2.05) is 26.0 Å². The van der Waals surface area contributed by atoms with E-state index in [0.29, 0.717) is 19.0 Å². The van der Waals surface area contributed by atoms with E-state index in [2.05, 4.69) is 4.98 Å². The zero-order valence-corrected chi connectivity index (χ0v) is 9.49. The second-order valence-corrected chi connectivity index (χ2v) is 3.92. The van der Waals surface area contributed by atoms with Crippen molar-refractivity contribution in [2.75, 3.05) is 13.7 Å². The number of rotatable bonds is 5. The highest BCUT2D eigenvalue weighted by Crippen LogP contribution is 2.18. The van der Waals surface area contributed by atoms with Crippen molar-refractivity contribution in [1.82, 2.24) is 4.98 Å². The van der Waals surface area contributed by atoms with Gasteiger partial charge < -0.3 is 15.2 Å². The topological polar surface area (TPSA) is 57.4 Å². The normalized spacial score (nSPS) is 11.5. The first-order chi connectivity index (χ1) is 7.09. The number of hydrogen-bond donors (Lipinski definition) is 1. The Morgan fingerprint density at radius 3 is 2.80 bits per heavy atom. The lowest BCUT2D eigenvalue weighted by atomic mass is 10.1. The molecule has 0 spiro atoms. The van der Waals surface area contributed by atoms with Crippen molar-refractivity contribution in [3.8, 4) is 5.88 Å². The molecule has 0 aliphatic rings. The van der Waals surface area contributed by atoms with Gasteiger partial charge in [0, 0.05) is 18.3 Å². The predicted molar refractivity (Wildman–Crippen MR) is 58.7 cm³/mol. The fraction of sp³-hybridized carbons (Fsp3) is 0.545. The summed E-state index contributed by atoms with van der Waals surface area (Å²) >= 11 is 0. The molecule has 1 rings (SSSR count). The molecule has 0 aliphatic carbocycles. The summed E-state index contributed by atoms with van der Waals surface area (Å²) in [6.45, 7) is 4.85. The Balaban J connectivity index is 2.65. The molecular formula is C11H18N2O2. The van der Waals surface area contributed by atoms with E-state index >= 15 is 0 Å². The SMILES string of the molecule is COc1ncccc1COC(C)(C)CN. The minimum atomic E-state index is -0.319. The molecule has 0 aromatic carbocycles. The van der Waals surface area contributed by atoms with Gasteiger partial charge in [0.1, 0.15) is 0 Å². The minimum Gasteiger partial charge on any atom is -0.481 e. The lowest BCUT2D eigenvalue weighted by Gasteiger charge is -2.23. The van der Waals surface area contributed by atoms with Gasteiger partial charge in [-0.3, -0.25) is 0 Å². The monoisotopic (exact) mass is 210 g/mol. The zero-order chi connectivity index (χ0) is 11.3. The van der Waals surface area contributed by atoms with Gasteiger partial charge in [0.05, 0.1) is 19.3 Å². The Labute approximate surface area is 90.4 Å². The summed E-state index contributed by atoms with van der Waals surface area (Å²) in [5.41, 5.74) is 6.18. The van der Waals surface area contributed by atoms with Crippen LogP contribution in [0.4, 0.5) is 0 Å². The van der Waals surface area contributed by atoms with Gasteiger partial charge in [-0.1, -0.05) is 0 Å². The third kappa shape index (κ3) is 3.49. The van der Waals surface area contributed by atoms with Gasteiger partial charge in [0.15, 0.2) is 0 Å². The largest absolute Gasteiger partial charge is 0.481 e. The molecule has 0 radical (unpaired) electrons. The zero-order valence-electron chi connectivity index (χ0n) is 9.49. The lowest BCUT2D eigenvalue weighted by molar-refractivity contribution is -0.0230. The summed E-state index contributed by atoms with van der Waals surface area (Å²) in [4.78, 5) is 4.09. The van der Waals surface area contributed by atoms with Crippen molar-refractivity contribution in [3.63, 3.8) is 0 Å². The first-order valence-corrected chi connectivity index (χ1v) is 4.91. The van der Waals surface area contributed by atoms with Crippen LogP contribution in [0.3, 0.4) is 0 Å². The number of methoxy groups -OCH3 is 1. The van der Waals surface area contributed by atoms with Crippen LogP contribution in [0.15, 0.2) is 18.3 Å². The molecule has 0 unspecified atom stereocenters. The maximum Gasteiger partial charge on any atom is 0.218 e. The average molecular weight is 210 g/mol. The first-order valence-electron chi connectivity index (χ1n) is 4.91. The second kappa shape index (κ2) is 5.09. The van der Waals surface area contributed by atoms with Crippen LogP contribution >= 0.6 is 0 Å². The molecule has 0 amide bonds. The first kappa shape index (κ1) is 11.9. The highest BCUT2D eigenvalue weighted by molar-refractivity contribution is 5.24. The molecule has 84 valence electrons. The molecule has 1 aromatic rings. The standard InChI is InChI=1S/C11H18N2O2/c1-11(2,8-12)15-7-9-5-4-6-13-10(9)14-3/h4-6H,7-8,12H2,1-3H3. The van der Waals surface area contributed by atoms with Crippen molar-refractivity contribution >= 4 is 0 Å². The van der Waals surface area contributed by atoms with Crippen molar-refractivity contribution in [2.45, 2.75) is 26.1 Å². The number of hydrogen-bond acceptors (Lipinski definition) is 4. The molecule has 0 fully saturated rings. The second-order valence-electron chi connectivity index (χ2n) is 3.92. The van der Waals surface area contributed by atoms with Gasteiger partial charge in [-0.25, -0.2) is 4.98 Å². The summed E-state index contributed by atoms with van der Waals surface area (Å²) in [7, 11) is 1.60. The highest BCUT2D eigenvalue weighted by Gasteiger charge is 2.16. The van der Waals surface area contributed by atoms with Crippen LogP contribution in [0.25, 0.3) is 0 Å². The molecule has 0 bridgehead atoms. The van der Waals surface area contributed by atoms with E-state index in [0.717, 1.165) is 5.56 Å². The quantitative estimate of drug-likeness (QED) is 0.797. The molecule has 4 nitrogen and oxygen atoms in total. The number of ether oxygens (including phenoxy) is 2. The number of pyridine rings is 1. The Hall–Kier alpha value is -1.13. The van der Waals surface area contributed by atoms with Gasteiger partial charge >= 0.3 is 0 Å². The molecule has 1 heterocycles. The molecule has 15 heavy (non-hydrogen) atoms. The van der Waals surface area contributed by atoms with Crippen LogP contribution in [0.2, 0.25) is 0 Å². The molecule has 1 aromatic heterocycles. The molecule has 4 heteroatoms. The summed E-state index contributed by atoms with van der Waals surface area (Å²) in [5.74, 6) is 0.602. The van der Waals surface area contributed by atoms with E-state index in [4.69, 9.17) is 15.2 Å². The third-order valence-corrected chi connectivity index (χ3v) is 2.15. The number of nitrogens with zero attached hydrogens (tertiary/aromatic N) is 1. The van der Waals surface area contributed by atoms with E-state index < -0.39 is 0 Å². The van der Waals surface area contributed by atoms with Gasteiger partial charge in [-0.2, -0.15) is 0 Å². The maximum absolute atomic E-state index is 5.66. The third-order valence-electron chi connectivity index (χ3n) is 2.15. The molecular weight excluding hydrogens is 192 g/mol. The Morgan fingerprint density at radius 1 is 1.47 bits per heavy atom. The van der Waals surface area contributed by atoms with Crippen LogP contribution < -0.4 is 10.5 Å². The minimum absolute atomic E-state index is 0.319. The Kier molecular flexibility index (Phi) is 4.05. The van der Waals surface area contributed by atoms with Gasteiger partial charge in [-0.05, 0) is 26.0 Å². The molecule has 0 aliphatic heterocycles. The molecule has 0 saturated heterocycles. The van der Waals surface area contributed by atoms with E-state index in [9.17, 15) is 0 Å². The average Bonchev–Trinajstić information content (AvgIpc) is 2.27. The van der Waals surface area contributed by atoms with Crippen LogP contribution in [0.5, 0.6) is 5.88 Å². The van der Waals surface area contributed by atoms with Gasteiger partial charge in [0.2, 0.25) is 5.88 Å². The van der Waals surface area contributed by atoms with Crippen molar-refractivity contribution in [3.05, 3.63) is 23.9 Å². The van der Waals surface area contributed by atoms with Crippen LogP contribution in [0, 0.1) is 0 Å². The van der Waals surface area contributed by atoms with Gasteiger partial charge in [0.25, 0.3) is 0 Å². The summed E-state index contributed by atoms with van der Waals surface area (Å²) < 4.78 is 10.8. The van der Waals surface area contributed by atoms with Crippen molar-refractivity contribution in [2.24, 2.45) is 5.73 Å². The Morgan fingerprint density at radius 2 is 2.20 bits per heavy atom. The van der Waals surface area contributed by atoms with Crippen LogP contribution in [-0.4, -0.2) is 24.2 Å². The maximum atomic E-state index is 5.66. The number of nitrogens with two attached hydrogens (primary N) is 1. The molecule has 0 atom stereocenters. The Bertz CT molecular complexity index is 313. The van der Waals surface area contributed by atoms with Crippen molar-refractivity contribution in [1.29, 1.82) is 0 Å². The summed E-state index contributed by atoms with van der Waals surface area (Å²) in [5, 5.41) is 0. The highest BCUT2D eigenvalue weighted by atomic mass is 16.5. The van der Waals surface area contributed by atoms with Crippen molar-refractivity contribution < 1.29 is 9.47 Å². The summed E-state index contributed by atoms with van der Waals surface area (Å²) in [6.07, 6.45) is 1.69. The predicted octanol–water partition coefficient (Wildman–Crippen LogP) is 1.34. The smallest absolute Gasteiger partial charge is 0.218 e. The van der Waals surface area contributed by atoms with Crippen LogP contribution in [0.1, 0.15) is 19.4 Å². The fourth-order valence-electron chi connectivity index (χ4n) is 1.05. The fourth-order valence-corrected chi connectivity index (χ4v) is 1.05. The van der Waals surface area contributed by atoms with Gasteiger partial charge in [-0.15, -0.1) is 0 Å². The van der Waals surface area contributed by atoms with E-state index in [1.165, 1.54) is 0 Å². The van der Waals surface area contributed by atoms with E-state index in [-0.39, 0.29) is 5.60 Å². The molecule has 2 N–H and O–H groups in total. The number of aromatic nitrogens is 1.